The van der Waals surface area contributed by atoms with Crippen LogP contribution in [0.5, 0.6) is 0 Å². The van der Waals surface area contributed by atoms with Gasteiger partial charge in [0.25, 0.3) is 0 Å². The van der Waals surface area contributed by atoms with Crippen molar-refractivity contribution in [1.29, 1.82) is 0 Å². The first-order chi connectivity index (χ1) is 16.0. The molecule has 0 unspecified atom stereocenters. The van der Waals surface area contributed by atoms with E-state index < -0.39 is 12.1 Å². The Kier molecular flexibility index (Phi) is 5.79. The molecule has 1 atom stereocenters. The van der Waals surface area contributed by atoms with E-state index in [1.807, 2.05) is 24.3 Å². The van der Waals surface area contributed by atoms with E-state index in [1.165, 1.54) is 22.3 Å². The third-order valence-corrected chi connectivity index (χ3v) is 7.22. The zero-order valence-electron chi connectivity index (χ0n) is 18.4. The molecule has 33 heavy (non-hydrogen) atoms. The summed E-state index contributed by atoms with van der Waals surface area (Å²) < 4.78 is 5.59. The summed E-state index contributed by atoms with van der Waals surface area (Å²) in [5.41, 5.74) is 4.71. The lowest BCUT2D eigenvalue weighted by atomic mass is 9.79. The second kappa shape index (κ2) is 8.89. The van der Waals surface area contributed by atoms with Gasteiger partial charge in [0.05, 0.1) is 6.42 Å². The molecule has 2 aromatic carbocycles. The minimum Gasteiger partial charge on any atom is -0.481 e. The highest BCUT2D eigenvalue weighted by atomic mass is 16.5. The number of nitrogens with one attached hydrogen (secondary N) is 1. The topological polar surface area (TPSA) is 95.9 Å². The van der Waals surface area contributed by atoms with E-state index in [1.54, 1.807) is 4.90 Å². The summed E-state index contributed by atoms with van der Waals surface area (Å²) in [6.45, 7) is 0.886. The summed E-state index contributed by atoms with van der Waals surface area (Å²) in [4.78, 5) is 38.0. The molecule has 2 amide bonds. The molecule has 1 saturated carbocycles. The fourth-order valence-corrected chi connectivity index (χ4v) is 5.52. The van der Waals surface area contributed by atoms with Crippen LogP contribution in [0.2, 0.25) is 0 Å². The van der Waals surface area contributed by atoms with Gasteiger partial charge < -0.3 is 20.1 Å². The minimum atomic E-state index is -0.872. The fourth-order valence-electron chi connectivity index (χ4n) is 5.52. The molecule has 0 spiro atoms. The van der Waals surface area contributed by atoms with Crippen molar-refractivity contribution >= 4 is 18.0 Å². The lowest BCUT2D eigenvalue weighted by Gasteiger charge is -2.38. The van der Waals surface area contributed by atoms with Crippen LogP contribution in [0.25, 0.3) is 11.1 Å². The molecule has 3 aliphatic rings. The molecular formula is C26H28N2O5. The molecular weight excluding hydrogens is 420 g/mol. The third-order valence-electron chi connectivity index (χ3n) is 7.22. The number of hydrogen-bond acceptors (Lipinski definition) is 4. The van der Waals surface area contributed by atoms with Crippen molar-refractivity contribution in [2.75, 3.05) is 13.2 Å². The van der Waals surface area contributed by atoms with Crippen LogP contribution >= 0.6 is 0 Å². The van der Waals surface area contributed by atoms with Gasteiger partial charge in [0, 0.05) is 30.5 Å². The van der Waals surface area contributed by atoms with Gasteiger partial charge in [-0.05, 0) is 47.9 Å². The molecule has 7 heteroatoms. The molecule has 0 radical (unpaired) electrons. The maximum atomic E-state index is 12.8. The van der Waals surface area contributed by atoms with Crippen molar-refractivity contribution in [2.45, 2.75) is 50.1 Å². The number of ether oxygens (including phenoxy) is 1. The molecule has 2 aliphatic carbocycles. The number of benzene rings is 2. The van der Waals surface area contributed by atoms with Gasteiger partial charge in [-0.15, -0.1) is 0 Å². The Balaban J connectivity index is 1.12. The number of hydrogen-bond donors (Lipinski definition) is 2. The van der Waals surface area contributed by atoms with Crippen molar-refractivity contribution in [3.05, 3.63) is 59.7 Å². The monoisotopic (exact) mass is 448 g/mol. The number of carbonyl (C=O) groups is 3. The van der Waals surface area contributed by atoms with Crippen LogP contribution < -0.4 is 5.32 Å². The second-order valence-electron chi connectivity index (χ2n) is 9.26. The molecule has 7 nitrogen and oxygen atoms in total. The van der Waals surface area contributed by atoms with Crippen molar-refractivity contribution in [1.82, 2.24) is 10.2 Å². The molecule has 0 bridgehead atoms. The number of fused-ring (bicyclic) bond motifs is 3. The molecule has 1 saturated heterocycles. The predicted octanol–water partition coefficient (Wildman–Crippen LogP) is 3.77. The van der Waals surface area contributed by atoms with Crippen molar-refractivity contribution in [2.24, 2.45) is 5.92 Å². The van der Waals surface area contributed by atoms with Crippen molar-refractivity contribution < 1.29 is 24.2 Å². The van der Waals surface area contributed by atoms with Crippen LogP contribution in [0, 0.1) is 5.92 Å². The first-order valence-electron chi connectivity index (χ1n) is 11.6. The number of aliphatic carboxylic acids is 1. The fraction of sp³-hybridized carbons (Fsp3) is 0.423. The van der Waals surface area contributed by atoms with E-state index in [2.05, 4.69) is 29.6 Å². The summed E-state index contributed by atoms with van der Waals surface area (Å²) in [5, 5.41) is 11.9. The van der Waals surface area contributed by atoms with Crippen LogP contribution in [0.3, 0.4) is 0 Å². The highest BCUT2D eigenvalue weighted by Crippen LogP contribution is 2.44. The molecule has 2 fully saturated rings. The zero-order valence-corrected chi connectivity index (χ0v) is 18.4. The van der Waals surface area contributed by atoms with Gasteiger partial charge in [0.2, 0.25) is 5.91 Å². The number of rotatable bonds is 6. The van der Waals surface area contributed by atoms with Crippen LogP contribution in [0.1, 0.15) is 49.1 Å². The van der Waals surface area contributed by atoms with Gasteiger partial charge in [-0.1, -0.05) is 48.5 Å². The minimum absolute atomic E-state index is 0.000111. The number of alkyl carbamates (subject to hydrolysis) is 1. The molecule has 5 rings (SSSR count). The van der Waals surface area contributed by atoms with Gasteiger partial charge in [0.15, 0.2) is 0 Å². The molecule has 1 heterocycles. The average molecular weight is 449 g/mol. The van der Waals surface area contributed by atoms with E-state index in [0.29, 0.717) is 19.4 Å². The maximum Gasteiger partial charge on any atom is 0.407 e. The maximum absolute atomic E-state index is 12.8. The van der Waals surface area contributed by atoms with Crippen LogP contribution in [-0.4, -0.2) is 53.2 Å². The Morgan fingerprint density at radius 3 is 2.27 bits per heavy atom. The summed E-state index contributed by atoms with van der Waals surface area (Å²) in [6, 6.07) is 16.1. The molecule has 0 aromatic heterocycles. The number of carbonyl (C=O) groups excluding carboxylic acids is 2. The summed E-state index contributed by atoms with van der Waals surface area (Å²) in [5.74, 6) is -0.995. The van der Waals surface area contributed by atoms with Gasteiger partial charge in [-0.3, -0.25) is 9.59 Å². The average Bonchev–Trinajstić information content (AvgIpc) is 3.36. The molecule has 172 valence electrons. The summed E-state index contributed by atoms with van der Waals surface area (Å²) in [7, 11) is 0. The van der Waals surface area contributed by atoms with E-state index >= 15 is 0 Å². The number of nitrogens with zero attached hydrogens (tertiary/aromatic N) is 1. The number of carboxylic acid groups (broad SMARTS) is 1. The molecule has 2 N–H and O–H groups in total. The number of likely N-dealkylation sites (tertiary alicyclic amines) is 1. The zero-order chi connectivity index (χ0) is 22.9. The van der Waals surface area contributed by atoms with E-state index in [-0.39, 0.29) is 42.9 Å². The third kappa shape index (κ3) is 4.19. The normalized spacial score (nSPS) is 23.4. The van der Waals surface area contributed by atoms with Crippen LogP contribution in [-0.2, 0) is 14.3 Å². The van der Waals surface area contributed by atoms with Gasteiger partial charge in [0.1, 0.15) is 6.61 Å². The van der Waals surface area contributed by atoms with Crippen molar-refractivity contribution in [3.63, 3.8) is 0 Å². The summed E-state index contributed by atoms with van der Waals surface area (Å²) in [6.07, 6.45) is 2.26. The molecule has 1 aliphatic heterocycles. The standard InChI is InChI=1S/C26H28N2O5/c29-24(30)14-18-6-5-11-28(18)25(31)16-12-17(13-16)27-26(32)33-15-23-21-9-3-1-7-19(21)20-8-2-4-10-22(20)23/h1-4,7-10,16-18,23H,5-6,11-15H2,(H,27,32)(H,29,30)/t16?,17?,18-/m1/s1. The first kappa shape index (κ1) is 21.5. The lowest BCUT2D eigenvalue weighted by molar-refractivity contribution is -0.143. The largest absolute Gasteiger partial charge is 0.481 e. The van der Waals surface area contributed by atoms with Gasteiger partial charge in [-0.25, -0.2) is 4.79 Å². The Labute approximate surface area is 192 Å². The first-order valence-corrected chi connectivity index (χ1v) is 11.6. The summed E-state index contributed by atoms with van der Waals surface area (Å²) >= 11 is 0. The van der Waals surface area contributed by atoms with Gasteiger partial charge in [-0.2, -0.15) is 0 Å². The highest BCUT2D eigenvalue weighted by molar-refractivity contribution is 5.82. The lowest BCUT2D eigenvalue weighted by Crippen LogP contribution is -2.51. The smallest absolute Gasteiger partial charge is 0.407 e. The van der Waals surface area contributed by atoms with E-state index in [4.69, 9.17) is 9.84 Å². The van der Waals surface area contributed by atoms with Crippen molar-refractivity contribution in [3.8, 4) is 11.1 Å². The highest BCUT2D eigenvalue weighted by Gasteiger charge is 2.41. The van der Waals surface area contributed by atoms with E-state index in [9.17, 15) is 14.4 Å². The quantitative estimate of drug-likeness (QED) is 0.701. The van der Waals surface area contributed by atoms with Crippen LogP contribution in [0.15, 0.2) is 48.5 Å². The predicted molar refractivity (Wildman–Crippen MR) is 122 cm³/mol. The number of carboxylic acids is 1. The van der Waals surface area contributed by atoms with Crippen LogP contribution in [0.4, 0.5) is 4.79 Å². The van der Waals surface area contributed by atoms with Gasteiger partial charge >= 0.3 is 12.1 Å². The SMILES string of the molecule is O=C(O)C[C@H]1CCCN1C(=O)C1CC(NC(=O)OCC2c3ccccc3-c3ccccc32)C1. The van der Waals surface area contributed by atoms with E-state index in [0.717, 1.165) is 12.8 Å². The Morgan fingerprint density at radius 1 is 1.00 bits per heavy atom. The second-order valence-corrected chi connectivity index (χ2v) is 9.26. The number of amides is 2. The Bertz CT molecular complexity index is 1030. The Morgan fingerprint density at radius 2 is 1.64 bits per heavy atom. The molecule has 2 aromatic rings. The Hall–Kier alpha value is -3.35.